The second-order valence-electron chi connectivity index (χ2n) is 9.03. The van der Waals surface area contributed by atoms with Gasteiger partial charge < -0.3 is 9.84 Å². The number of halogens is 2. The zero-order valence-electron chi connectivity index (χ0n) is 20.7. The number of carbonyl (C=O) groups is 2. The van der Waals surface area contributed by atoms with Crippen molar-refractivity contribution < 1.29 is 23.8 Å². The van der Waals surface area contributed by atoms with E-state index in [2.05, 4.69) is 9.97 Å². The van der Waals surface area contributed by atoms with E-state index in [9.17, 15) is 19.1 Å². The fourth-order valence-electron chi connectivity index (χ4n) is 4.49. The van der Waals surface area contributed by atoms with Crippen molar-refractivity contribution in [1.82, 2.24) is 9.97 Å². The van der Waals surface area contributed by atoms with E-state index in [4.69, 9.17) is 16.3 Å². The molecule has 194 valence electrons. The number of Topliss-reactive ketones (excluding diaryl/α,β-unsaturated/α-hetero) is 1. The molecule has 1 atom stereocenters. The predicted octanol–water partition coefficient (Wildman–Crippen LogP) is 6.63. The first-order valence-corrected chi connectivity index (χ1v) is 13.1. The van der Waals surface area contributed by atoms with Crippen LogP contribution in [0.2, 0.25) is 5.02 Å². The molecule has 2 aromatic heterocycles. The summed E-state index contributed by atoms with van der Waals surface area (Å²) in [7, 11) is 0. The van der Waals surface area contributed by atoms with Gasteiger partial charge in [-0.2, -0.15) is 0 Å². The minimum Gasteiger partial charge on any atom is -0.507 e. The van der Waals surface area contributed by atoms with Crippen LogP contribution in [0.5, 0.6) is 5.75 Å². The van der Waals surface area contributed by atoms with Crippen molar-refractivity contribution in [3.63, 3.8) is 0 Å². The van der Waals surface area contributed by atoms with Gasteiger partial charge >= 0.3 is 5.91 Å². The van der Waals surface area contributed by atoms with E-state index in [1.807, 2.05) is 20.8 Å². The number of ketones is 1. The highest BCUT2D eigenvalue weighted by Gasteiger charge is 2.48. The van der Waals surface area contributed by atoms with Crippen LogP contribution in [0.1, 0.15) is 49.4 Å². The summed E-state index contributed by atoms with van der Waals surface area (Å²) in [6.07, 6.45) is 3.10. The fraction of sp³-hybridized carbons (Fsp3) is 0.214. The van der Waals surface area contributed by atoms with E-state index >= 15 is 0 Å². The molecule has 1 aliphatic heterocycles. The number of anilines is 1. The lowest BCUT2D eigenvalue weighted by Gasteiger charge is -2.22. The molecule has 1 amide bonds. The standard InChI is InChI=1S/C28H23ClFN3O4S/c1-4-37-21-8-7-15(10-17(21)14(2)3)25(34)23-24(16-6-5-9-31-13-16)33(27(36)26(23)35)28-32-20-11-18(29)19(30)12-22(20)38-28/h5-14,24,34H,4H2,1-3H3/b25-23+. The maximum atomic E-state index is 14.1. The van der Waals surface area contributed by atoms with Gasteiger partial charge in [0, 0.05) is 18.0 Å². The van der Waals surface area contributed by atoms with Crippen LogP contribution in [0.25, 0.3) is 16.0 Å². The third-order valence-corrected chi connectivity index (χ3v) is 7.58. The third-order valence-electron chi connectivity index (χ3n) is 6.27. The smallest absolute Gasteiger partial charge is 0.301 e. The second-order valence-corrected chi connectivity index (χ2v) is 10.4. The lowest BCUT2D eigenvalue weighted by Crippen LogP contribution is -2.29. The van der Waals surface area contributed by atoms with E-state index in [-0.39, 0.29) is 27.4 Å². The van der Waals surface area contributed by atoms with E-state index in [0.717, 1.165) is 16.9 Å². The summed E-state index contributed by atoms with van der Waals surface area (Å²) in [6, 6.07) is 10.2. The zero-order chi connectivity index (χ0) is 27.1. The Kier molecular flexibility index (Phi) is 6.90. The van der Waals surface area contributed by atoms with Crippen molar-refractivity contribution >= 4 is 55.7 Å². The SMILES string of the molecule is CCOc1ccc(/C(O)=C2\C(=O)C(=O)N(c3nc4cc(Cl)c(F)cc4s3)C2c2cccnc2)cc1C(C)C. The summed E-state index contributed by atoms with van der Waals surface area (Å²) in [5.74, 6) is -1.89. The summed E-state index contributed by atoms with van der Waals surface area (Å²) in [5.41, 5.74) is 2.03. The molecule has 5 rings (SSSR count). The summed E-state index contributed by atoms with van der Waals surface area (Å²) < 4.78 is 20.3. The van der Waals surface area contributed by atoms with Crippen LogP contribution in [0, 0.1) is 5.82 Å². The van der Waals surface area contributed by atoms with Crippen LogP contribution >= 0.6 is 22.9 Å². The average molecular weight is 552 g/mol. The number of pyridine rings is 1. The Morgan fingerprint density at radius 3 is 2.71 bits per heavy atom. The Bertz CT molecular complexity index is 1560. The van der Waals surface area contributed by atoms with Crippen molar-refractivity contribution in [2.75, 3.05) is 11.5 Å². The Hall–Kier alpha value is -3.82. The van der Waals surface area contributed by atoms with Gasteiger partial charge in [-0.15, -0.1) is 0 Å². The number of aromatic nitrogens is 2. The highest BCUT2D eigenvalue weighted by Crippen LogP contribution is 2.45. The van der Waals surface area contributed by atoms with Crippen molar-refractivity contribution in [3.8, 4) is 5.75 Å². The number of aliphatic hydroxyl groups excluding tert-OH is 1. The molecular weight excluding hydrogens is 529 g/mol. The first kappa shape index (κ1) is 25.8. The minimum atomic E-state index is -1.00. The number of amides is 1. The van der Waals surface area contributed by atoms with E-state index in [0.29, 0.717) is 33.7 Å². The van der Waals surface area contributed by atoms with E-state index in [1.165, 1.54) is 23.2 Å². The molecule has 4 aromatic rings. The van der Waals surface area contributed by atoms with Crippen molar-refractivity contribution in [2.24, 2.45) is 0 Å². The Morgan fingerprint density at radius 1 is 1.24 bits per heavy atom. The Labute approximate surface area is 227 Å². The molecule has 0 saturated carbocycles. The zero-order valence-corrected chi connectivity index (χ0v) is 22.3. The number of nitrogens with zero attached hydrogens (tertiary/aromatic N) is 3. The minimum absolute atomic E-state index is 0.0794. The van der Waals surface area contributed by atoms with Gasteiger partial charge in [-0.1, -0.05) is 42.9 Å². The first-order valence-electron chi connectivity index (χ1n) is 11.9. The Balaban J connectivity index is 1.70. The topological polar surface area (TPSA) is 92.6 Å². The average Bonchev–Trinajstić information content (AvgIpc) is 3.42. The number of thiazole rings is 1. The molecule has 2 aromatic carbocycles. The lowest BCUT2D eigenvalue weighted by molar-refractivity contribution is -0.132. The van der Waals surface area contributed by atoms with E-state index < -0.39 is 23.5 Å². The van der Waals surface area contributed by atoms with Crippen LogP contribution in [0.4, 0.5) is 9.52 Å². The van der Waals surface area contributed by atoms with Crippen LogP contribution < -0.4 is 9.64 Å². The molecule has 3 heterocycles. The molecule has 1 saturated heterocycles. The Morgan fingerprint density at radius 2 is 2.03 bits per heavy atom. The maximum absolute atomic E-state index is 14.1. The van der Waals surface area contributed by atoms with Crippen LogP contribution in [-0.4, -0.2) is 33.4 Å². The number of carbonyl (C=O) groups excluding carboxylic acids is 2. The molecule has 1 unspecified atom stereocenters. The monoisotopic (exact) mass is 551 g/mol. The van der Waals surface area contributed by atoms with Gasteiger partial charge in [0.25, 0.3) is 5.78 Å². The molecule has 1 N–H and O–H groups in total. The molecule has 1 aliphatic rings. The van der Waals surface area contributed by atoms with Crippen molar-refractivity contribution in [2.45, 2.75) is 32.7 Å². The highest BCUT2D eigenvalue weighted by molar-refractivity contribution is 7.22. The van der Waals surface area contributed by atoms with Gasteiger partial charge in [-0.05, 0) is 60.4 Å². The summed E-state index contributed by atoms with van der Waals surface area (Å²) >= 11 is 6.98. The second kappa shape index (κ2) is 10.2. The van der Waals surface area contributed by atoms with Crippen LogP contribution in [0.15, 0.2) is 60.4 Å². The molecule has 7 nitrogen and oxygen atoms in total. The first-order chi connectivity index (χ1) is 18.2. The fourth-order valence-corrected chi connectivity index (χ4v) is 5.64. The number of rotatable bonds is 6. The van der Waals surface area contributed by atoms with Gasteiger partial charge in [0.2, 0.25) is 0 Å². The van der Waals surface area contributed by atoms with Gasteiger partial charge in [0.1, 0.15) is 17.3 Å². The molecule has 38 heavy (non-hydrogen) atoms. The summed E-state index contributed by atoms with van der Waals surface area (Å²) in [5, 5.41) is 11.6. The van der Waals surface area contributed by atoms with Gasteiger partial charge in [-0.3, -0.25) is 19.5 Å². The number of hydrogen-bond donors (Lipinski definition) is 1. The molecule has 10 heteroatoms. The summed E-state index contributed by atoms with van der Waals surface area (Å²) in [4.78, 5) is 36.7. The molecular formula is C28H23ClFN3O4S. The lowest BCUT2D eigenvalue weighted by atomic mass is 9.94. The van der Waals surface area contributed by atoms with Crippen molar-refractivity contribution in [1.29, 1.82) is 0 Å². The highest BCUT2D eigenvalue weighted by atomic mass is 35.5. The van der Waals surface area contributed by atoms with Gasteiger partial charge in [0.05, 0.1) is 33.5 Å². The molecule has 0 spiro atoms. The third kappa shape index (κ3) is 4.41. The largest absolute Gasteiger partial charge is 0.507 e. The number of aliphatic hydroxyl groups is 1. The van der Waals surface area contributed by atoms with Gasteiger partial charge in [-0.25, -0.2) is 9.37 Å². The maximum Gasteiger partial charge on any atom is 0.301 e. The van der Waals surface area contributed by atoms with Crippen molar-refractivity contribution in [3.05, 3.63) is 88.0 Å². The van der Waals surface area contributed by atoms with Crippen LogP contribution in [0.3, 0.4) is 0 Å². The number of fused-ring (bicyclic) bond motifs is 1. The molecule has 0 bridgehead atoms. The molecule has 1 fully saturated rings. The van der Waals surface area contributed by atoms with Crippen LogP contribution in [-0.2, 0) is 9.59 Å². The number of hydrogen-bond acceptors (Lipinski definition) is 7. The normalized spacial score (nSPS) is 17.1. The predicted molar refractivity (Wildman–Crippen MR) is 145 cm³/mol. The van der Waals surface area contributed by atoms with Gasteiger partial charge in [0.15, 0.2) is 5.13 Å². The van der Waals surface area contributed by atoms with E-state index in [1.54, 1.807) is 36.5 Å². The molecule has 0 radical (unpaired) electrons. The number of benzene rings is 2. The quantitative estimate of drug-likeness (QED) is 0.164. The summed E-state index contributed by atoms with van der Waals surface area (Å²) in [6.45, 7) is 6.36. The molecule has 0 aliphatic carbocycles. The number of ether oxygens (including phenoxy) is 1.